The van der Waals surface area contributed by atoms with Crippen molar-refractivity contribution >= 4 is 0 Å². The monoisotopic (exact) mass is 224 g/mol. The number of rotatable bonds is 5. The van der Waals surface area contributed by atoms with E-state index in [1.54, 1.807) is 0 Å². The summed E-state index contributed by atoms with van der Waals surface area (Å²) in [6, 6.07) is 4.13. The normalized spacial score (nSPS) is 12.6. The van der Waals surface area contributed by atoms with Gasteiger partial charge in [-0.3, -0.25) is 0 Å². The van der Waals surface area contributed by atoms with Crippen LogP contribution in [0.2, 0.25) is 0 Å². The molecule has 0 bridgehead atoms. The Morgan fingerprint density at radius 3 is 2.25 bits per heavy atom. The lowest BCUT2D eigenvalue weighted by molar-refractivity contribution is -0.115. The predicted octanol–water partition coefficient (Wildman–Crippen LogP) is 2.35. The first-order chi connectivity index (χ1) is 7.54. The molecule has 1 rings (SSSR count). The van der Waals surface area contributed by atoms with E-state index in [1.807, 2.05) is 20.8 Å². The van der Waals surface area contributed by atoms with E-state index in [0.717, 1.165) is 16.9 Å². The SMILES string of the molecule is CCOC(O)COc1c(C)cc(C)cc1C. The second-order valence-corrected chi connectivity index (χ2v) is 3.95. The zero-order chi connectivity index (χ0) is 12.1. The van der Waals surface area contributed by atoms with Gasteiger partial charge in [0.15, 0.2) is 6.29 Å². The van der Waals surface area contributed by atoms with Crippen molar-refractivity contribution < 1.29 is 14.6 Å². The molecule has 0 radical (unpaired) electrons. The molecule has 3 nitrogen and oxygen atoms in total. The van der Waals surface area contributed by atoms with Crippen LogP contribution in [0, 0.1) is 20.8 Å². The molecule has 1 N–H and O–H groups in total. The molecule has 0 saturated heterocycles. The Morgan fingerprint density at radius 2 is 1.75 bits per heavy atom. The van der Waals surface area contributed by atoms with Crippen LogP contribution in [0.3, 0.4) is 0 Å². The minimum atomic E-state index is -0.856. The highest BCUT2D eigenvalue weighted by Crippen LogP contribution is 2.24. The Labute approximate surface area is 97.0 Å². The number of aliphatic hydroxyl groups is 1. The third kappa shape index (κ3) is 3.51. The van der Waals surface area contributed by atoms with Crippen molar-refractivity contribution in [2.45, 2.75) is 34.0 Å². The number of hydrogen-bond acceptors (Lipinski definition) is 3. The van der Waals surface area contributed by atoms with Crippen molar-refractivity contribution in [1.82, 2.24) is 0 Å². The van der Waals surface area contributed by atoms with Crippen molar-refractivity contribution in [2.24, 2.45) is 0 Å². The van der Waals surface area contributed by atoms with Gasteiger partial charge in [0, 0.05) is 6.61 Å². The highest BCUT2D eigenvalue weighted by Gasteiger charge is 2.08. The number of aliphatic hydroxyl groups excluding tert-OH is 1. The van der Waals surface area contributed by atoms with Gasteiger partial charge in [0.2, 0.25) is 0 Å². The van der Waals surface area contributed by atoms with Gasteiger partial charge in [0.25, 0.3) is 0 Å². The zero-order valence-electron chi connectivity index (χ0n) is 10.4. The molecule has 3 heteroatoms. The van der Waals surface area contributed by atoms with Crippen LogP contribution in [0.15, 0.2) is 12.1 Å². The van der Waals surface area contributed by atoms with Crippen LogP contribution in [0.25, 0.3) is 0 Å². The Morgan fingerprint density at radius 1 is 1.19 bits per heavy atom. The molecule has 0 aliphatic rings. The van der Waals surface area contributed by atoms with Crippen LogP contribution in [-0.2, 0) is 4.74 Å². The first-order valence-corrected chi connectivity index (χ1v) is 5.55. The molecule has 0 aliphatic heterocycles. The predicted molar refractivity (Wildman–Crippen MR) is 63.8 cm³/mol. The Bertz CT molecular complexity index is 324. The van der Waals surface area contributed by atoms with Gasteiger partial charge in [-0.2, -0.15) is 0 Å². The van der Waals surface area contributed by atoms with Crippen LogP contribution in [0.5, 0.6) is 5.75 Å². The van der Waals surface area contributed by atoms with E-state index < -0.39 is 6.29 Å². The molecular formula is C13H20O3. The maximum Gasteiger partial charge on any atom is 0.189 e. The molecule has 0 spiro atoms. The smallest absolute Gasteiger partial charge is 0.189 e. The third-order valence-electron chi connectivity index (χ3n) is 2.33. The number of ether oxygens (including phenoxy) is 2. The fraction of sp³-hybridized carbons (Fsp3) is 0.538. The van der Waals surface area contributed by atoms with Gasteiger partial charge in [-0.15, -0.1) is 0 Å². The second kappa shape index (κ2) is 5.87. The average molecular weight is 224 g/mol. The van der Waals surface area contributed by atoms with Crippen molar-refractivity contribution in [1.29, 1.82) is 0 Å². The molecule has 1 unspecified atom stereocenters. The number of aryl methyl sites for hydroxylation is 3. The van der Waals surface area contributed by atoms with Crippen LogP contribution >= 0.6 is 0 Å². The van der Waals surface area contributed by atoms with Crippen molar-refractivity contribution in [3.8, 4) is 5.75 Å². The van der Waals surface area contributed by atoms with E-state index in [0.29, 0.717) is 6.61 Å². The molecule has 0 heterocycles. The molecule has 1 atom stereocenters. The summed E-state index contributed by atoms with van der Waals surface area (Å²) in [6.45, 7) is 8.55. The molecule has 1 aromatic rings. The minimum absolute atomic E-state index is 0.165. The van der Waals surface area contributed by atoms with Gasteiger partial charge < -0.3 is 14.6 Å². The van der Waals surface area contributed by atoms with Gasteiger partial charge in [-0.1, -0.05) is 17.7 Å². The topological polar surface area (TPSA) is 38.7 Å². The standard InChI is InChI=1S/C13H20O3/c1-5-15-12(14)8-16-13-10(3)6-9(2)7-11(13)4/h6-7,12,14H,5,8H2,1-4H3. The highest BCUT2D eigenvalue weighted by atomic mass is 16.6. The van der Waals surface area contributed by atoms with Crippen LogP contribution in [0.4, 0.5) is 0 Å². The average Bonchev–Trinajstić information content (AvgIpc) is 2.16. The third-order valence-corrected chi connectivity index (χ3v) is 2.33. The van der Waals surface area contributed by atoms with Crippen LogP contribution < -0.4 is 4.74 Å². The van der Waals surface area contributed by atoms with Gasteiger partial charge in [-0.05, 0) is 38.8 Å². The fourth-order valence-corrected chi connectivity index (χ4v) is 1.79. The summed E-state index contributed by atoms with van der Waals surface area (Å²) in [4.78, 5) is 0. The molecule has 0 fully saturated rings. The fourth-order valence-electron chi connectivity index (χ4n) is 1.79. The molecular weight excluding hydrogens is 204 g/mol. The first-order valence-electron chi connectivity index (χ1n) is 5.55. The summed E-state index contributed by atoms with van der Waals surface area (Å²) in [5.74, 6) is 0.837. The van der Waals surface area contributed by atoms with Crippen LogP contribution in [-0.4, -0.2) is 24.6 Å². The molecule has 0 saturated carbocycles. The lowest BCUT2D eigenvalue weighted by atomic mass is 10.1. The van der Waals surface area contributed by atoms with E-state index >= 15 is 0 Å². The summed E-state index contributed by atoms with van der Waals surface area (Å²) in [6.07, 6.45) is -0.856. The summed E-state index contributed by atoms with van der Waals surface area (Å²) in [5, 5.41) is 9.40. The van der Waals surface area contributed by atoms with Crippen molar-refractivity contribution in [3.05, 3.63) is 28.8 Å². The summed E-state index contributed by atoms with van der Waals surface area (Å²) in [7, 11) is 0. The molecule has 0 amide bonds. The van der Waals surface area contributed by atoms with E-state index in [2.05, 4.69) is 19.1 Å². The van der Waals surface area contributed by atoms with Crippen molar-refractivity contribution in [2.75, 3.05) is 13.2 Å². The summed E-state index contributed by atoms with van der Waals surface area (Å²) >= 11 is 0. The Balaban J connectivity index is 2.67. The molecule has 90 valence electrons. The first kappa shape index (κ1) is 13.0. The largest absolute Gasteiger partial charge is 0.488 e. The summed E-state index contributed by atoms with van der Waals surface area (Å²) < 4.78 is 10.6. The second-order valence-electron chi connectivity index (χ2n) is 3.95. The lowest BCUT2D eigenvalue weighted by Crippen LogP contribution is -2.21. The van der Waals surface area contributed by atoms with Crippen molar-refractivity contribution in [3.63, 3.8) is 0 Å². The van der Waals surface area contributed by atoms with E-state index in [4.69, 9.17) is 9.47 Å². The molecule has 1 aromatic carbocycles. The maximum atomic E-state index is 9.40. The van der Waals surface area contributed by atoms with Gasteiger partial charge in [0.05, 0.1) is 0 Å². The maximum absolute atomic E-state index is 9.40. The van der Waals surface area contributed by atoms with Crippen LogP contribution in [0.1, 0.15) is 23.6 Å². The highest BCUT2D eigenvalue weighted by molar-refractivity contribution is 5.42. The number of benzene rings is 1. The van der Waals surface area contributed by atoms with E-state index in [9.17, 15) is 5.11 Å². The molecule has 16 heavy (non-hydrogen) atoms. The quantitative estimate of drug-likeness (QED) is 0.780. The van der Waals surface area contributed by atoms with E-state index in [-0.39, 0.29) is 6.61 Å². The minimum Gasteiger partial charge on any atom is -0.488 e. The van der Waals surface area contributed by atoms with Gasteiger partial charge >= 0.3 is 0 Å². The zero-order valence-corrected chi connectivity index (χ0v) is 10.4. The number of hydrogen-bond donors (Lipinski definition) is 1. The van der Waals surface area contributed by atoms with Gasteiger partial charge in [0.1, 0.15) is 12.4 Å². The Hall–Kier alpha value is -1.06. The van der Waals surface area contributed by atoms with Gasteiger partial charge in [-0.25, -0.2) is 0 Å². The lowest BCUT2D eigenvalue weighted by Gasteiger charge is -2.16. The Kier molecular flexibility index (Phi) is 4.77. The van der Waals surface area contributed by atoms with E-state index in [1.165, 1.54) is 5.56 Å². The summed E-state index contributed by atoms with van der Waals surface area (Å²) in [5.41, 5.74) is 3.38. The molecule has 0 aliphatic carbocycles. The molecule has 0 aromatic heterocycles.